The van der Waals surface area contributed by atoms with Gasteiger partial charge in [-0.05, 0) is 36.6 Å². The Bertz CT molecular complexity index is 864. The number of hydrogen-bond donors (Lipinski definition) is 0. The number of benzene rings is 2. The molecule has 2 aromatic rings. The zero-order chi connectivity index (χ0) is 20.8. The molecule has 0 bridgehead atoms. The van der Waals surface area contributed by atoms with Gasteiger partial charge in [0.25, 0.3) is 5.91 Å². The number of hydrogen-bond acceptors (Lipinski definition) is 4. The van der Waals surface area contributed by atoms with Crippen molar-refractivity contribution in [2.45, 2.75) is 39.0 Å². The van der Waals surface area contributed by atoms with E-state index in [4.69, 9.17) is 4.74 Å². The van der Waals surface area contributed by atoms with E-state index in [1.54, 1.807) is 31.0 Å². The summed E-state index contributed by atoms with van der Waals surface area (Å²) in [4.78, 5) is 40.0. The summed E-state index contributed by atoms with van der Waals surface area (Å²) in [5.41, 5.74) is 2.35. The number of carbonyl (C=O) groups excluding carboxylic acids is 3. The Hall–Kier alpha value is -3.15. The smallest absolute Gasteiger partial charge is 0.338 e. The lowest BCUT2D eigenvalue weighted by atomic mass is 10.1. The third-order valence-electron chi connectivity index (χ3n) is 5.00. The minimum absolute atomic E-state index is 0.167. The molecule has 0 N–H and O–H groups in total. The van der Waals surface area contributed by atoms with Gasteiger partial charge in [0.05, 0.1) is 5.56 Å². The topological polar surface area (TPSA) is 66.9 Å². The summed E-state index contributed by atoms with van der Waals surface area (Å²) >= 11 is 0. The van der Waals surface area contributed by atoms with Crippen molar-refractivity contribution in [3.8, 4) is 0 Å². The van der Waals surface area contributed by atoms with Crippen molar-refractivity contribution in [2.75, 3.05) is 13.6 Å². The van der Waals surface area contributed by atoms with E-state index in [9.17, 15) is 14.4 Å². The Morgan fingerprint density at radius 3 is 2.38 bits per heavy atom. The van der Waals surface area contributed by atoms with Crippen molar-refractivity contribution in [3.63, 3.8) is 0 Å². The van der Waals surface area contributed by atoms with Gasteiger partial charge in [-0.15, -0.1) is 0 Å². The van der Waals surface area contributed by atoms with Crippen molar-refractivity contribution in [2.24, 2.45) is 0 Å². The van der Waals surface area contributed by atoms with Crippen LogP contribution in [-0.4, -0.2) is 47.3 Å². The number of ether oxygens (including phenoxy) is 1. The fourth-order valence-corrected chi connectivity index (χ4v) is 3.36. The van der Waals surface area contributed by atoms with Crippen molar-refractivity contribution in [1.29, 1.82) is 0 Å². The van der Waals surface area contributed by atoms with Gasteiger partial charge in [-0.3, -0.25) is 9.59 Å². The number of esters is 1. The van der Waals surface area contributed by atoms with Crippen molar-refractivity contribution < 1.29 is 19.1 Å². The van der Waals surface area contributed by atoms with E-state index in [2.05, 4.69) is 0 Å². The largest absolute Gasteiger partial charge is 0.449 e. The van der Waals surface area contributed by atoms with Crippen LogP contribution in [-0.2, 0) is 27.4 Å². The van der Waals surface area contributed by atoms with Crippen LogP contribution in [0.1, 0.15) is 41.3 Å². The molecule has 6 nitrogen and oxygen atoms in total. The Morgan fingerprint density at radius 2 is 1.76 bits per heavy atom. The number of likely N-dealkylation sites (N-methyl/N-ethyl adjacent to an activating group) is 1. The standard InChI is InChI=1S/C23H26N2O4/c1-17(22(27)24(2)15-18-7-4-3-5-8-18)29-23(28)20-12-10-19(11-13-20)16-25-14-6-9-21(25)26/h3-5,7-8,10-13,17H,6,9,14-16H2,1-2H3/t17-/m0/s1. The molecule has 1 fully saturated rings. The van der Waals surface area contributed by atoms with Crippen LogP contribution < -0.4 is 0 Å². The lowest BCUT2D eigenvalue weighted by Gasteiger charge is -2.21. The summed E-state index contributed by atoms with van der Waals surface area (Å²) in [5, 5.41) is 0. The lowest BCUT2D eigenvalue weighted by Crippen LogP contribution is -2.37. The van der Waals surface area contributed by atoms with Crippen LogP contribution in [0.4, 0.5) is 0 Å². The van der Waals surface area contributed by atoms with E-state index < -0.39 is 12.1 Å². The first-order valence-electron chi connectivity index (χ1n) is 9.80. The first-order valence-corrected chi connectivity index (χ1v) is 9.80. The van der Waals surface area contributed by atoms with Gasteiger partial charge in [0.1, 0.15) is 0 Å². The fraction of sp³-hybridized carbons (Fsp3) is 0.348. The zero-order valence-corrected chi connectivity index (χ0v) is 16.8. The first-order chi connectivity index (χ1) is 13.9. The van der Waals surface area contributed by atoms with Crippen molar-refractivity contribution >= 4 is 17.8 Å². The van der Waals surface area contributed by atoms with E-state index in [0.29, 0.717) is 25.1 Å². The highest BCUT2D eigenvalue weighted by atomic mass is 16.5. The van der Waals surface area contributed by atoms with Crippen LogP contribution in [0.25, 0.3) is 0 Å². The van der Waals surface area contributed by atoms with E-state index in [1.807, 2.05) is 47.4 Å². The molecule has 2 amide bonds. The SMILES string of the molecule is C[C@H](OC(=O)c1ccc(CN2CCCC2=O)cc1)C(=O)N(C)Cc1ccccc1. The molecule has 0 radical (unpaired) electrons. The van der Waals surface area contributed by atoms with Crippen LogP contribution in [0, 0.1) is 0 Å². The van der Waals surface area contributed by atoms with Crippen LogP contribution in [0.5, 0.6) is 0 Å². The molecule has 0 aliphatic carbocycles. The van der Waals surface area contributed by atoms with E-state index >= 15 is 0 Å². The number of carbonyl (C=O) groups is 3. The molecule has 6 heteroatoms. The average Bonchev–Trinajstić information content (AvgIpc) is 3.13. The maximum atomic E-state index is 12.5. The molecule has 2 aromatic carbocycles. The first kappa shape index (κ1) is 20.6. The summed E-state index contributed by atoms with van der Waals surface area (Å²) in [6.45, 7) is 3.35. The van der Waals surface area contributed by atoms with Crippen LogP contribution in [0.15, 0.2) is 54.6 Å². The Balaban J connectivity index is 1.53. The summed E-state index contributed by atoms with van der Waals surface area (Å²) in [7, 11) is 1.69. The molecule has 3 rings (SSSR count). The molecule has 1 aliphatic heterocycles. The Morgan fingerprint density at radius 1 is 1.07 bits per heavy atom. The average molecular weight is 394 g/mol. The molecule has 29 heavy (non-hydrogen) atoms. The quantitative estimate of drug-likeness (QED) is 0.677. The molecule has 1 saturated heterocycles. The maximum absolute atomic E-state index is 12.5. The minimum Gasteiger partial charge on any atom is -0.449 e. The summed E-state index contributed by atoms with van der Waals surface area (Å²) in [5.74, 6) is -0.630. The van der Waals surface area contributed by atoms with Crippen LogP contribution in [0.2, 0.25) is 0 Å². The van der Waals surface area contributed by atoms with Gasteiger partial charge in [-0.25, -0.2) is 4.79 Å². The molecular formula is C23H26N2O4. The second-order valence-corrected chi connectivity index (χ2v) is 7.34. The van der Waals surface area contributed by atoms with Gasteiger partial charge in [-0.2, -0.15) is 0 Å². The van der Waals surface area contributed by atoms with Crippen molar-refractivity contribution in [1.82, 2.24) is 9.80 Å². The molecule has 1 aliphatic rings. The van der Waals surface area contributed by atoms with E-state index in [0.717, 1.165) is 24.1 Å². The molecule has 1 heterocycles. The van der Waals surface area contributed by atoms with Crippen LogP contribution in [0.3, 0.4) is 0 Å². The van der Waals surface area contributed by atoms with Gasteiger partial charge < -0.3 is 14.5 Å². The molecule has 1 atom stereocenters. The normalized spacial score (nSPS) is 14.6. The fourth-order valence-electron chi connectivity index (χ4n) is 3.36. The molecule has 0 saturated carbocycles. The number of likely N-dealkylation sites (tertiary alicyclic amines) is 1. The number of rotatable bonds is 7. The van der Waals surface area contributed by atoms with Crippen molar-refractivity contribution in [3.05, 3.63) is 71.3 Å². The second-order valence-electron chi connectivity index (χ2n) is 7.34. The predicted molar refractivity (Wildman–Crippen MR) is 109 cm³/mol. The summed E-state index contributed by atoms with van der Waals surface area (Å²) < 4.78 is 5.35. The highest BCUT2D eigenvalue weighted by molar-refractivity contribution is 5.92. The highest BCUT2D eigenvalue weighted by Gasteiger charge is 2.23. The lowest BCUT2D eigenvalue weighted by molar-refractivity contribution is -0.139. The molecule has 0 aromatic heterocycles. The Labute approximate surface area is 171 Å². The Kier molecular flexibility index (Phi) is 6.65. The molecular weight excluding hydrogens is 368 g/mol. The molecule has 152 valence electrons. The monoisotopic (exact) mass is 394 g/mol. The molecule has 0 spiro atoms. The zero-order valence-electron chi connectivity index (χ0n) is 16.8. The third-order valence-corrected chi connectivity index (χ3v) is 5.00. The second kappa shape index (κ2) is 9.37. The minimum atomic E-state index is -0.877. The maximum Gasteiger partial charge on any atom is 0.338 e. The summed E-state index contributed by atoms with van der Waals surface area (Å²) in [6.07, 6.45) is 0.626. The third kappa shape index (κ3) is 5.44. The van der Waals surface area contributed by atoms with Gasteiger partial charge >= 0.3 is 5.97 Å². The molecule has 0 unspecified atom stereocenters. The predicted octanol–water partition coefficient (Wildman–Crippen LogP) is 3.01. The van der Waals surface area contributed by atoms with E-state index in [-0.39, 0.29) is 11.8 Å². The van der Waals surface area contributed by atoms with Gasteiger partial charge in [0.2, 0.25) is 5.91 Å². The summed E-state index contributed by atoms with van der Waals surface area (Å²) in [6, 6.07) is 16.6. The number of nitrogens with zero attached hydrogens (tertiary/aromatic N) is 2. The number of amides is 2. The van der Waals surface area contributed by atoms with E-state index in [1.165, 1.54) is 0 Å². The van der Waals surface area contributed by atoms with Gasteiger partial charge in [0, 0.05) is 33.1 Å². The highest BCUT2D eigenvalue weighted by Crippen LogP contribution is 2.15. The van der Waals surface area contributed by atoms with Gasteiger partial charge in [-0.1, -0.05) is 42.5 Å². The van der Waals surface area contributed by atoms with Gasteiger partial charge in [0.15, 0.2) is 6.10 Å². The van der Waals surface area contributed by atoms with Crippen LogP contribution >= 0.6 is 0 Å².